The van der Waals surface area contributed by atoms with Gasteiger partial charge in [0, 0.05) is 12.6 Å². The highest BCUT2D eigenvalue weighted by atomic mass is 16.4. The summed E-state index contributed by atoms with van der Waals surface area (Å²) in [5.41, 5.74) is 5.15. The van der Waals surface area contributed by atoms with Gasteiger partial charge in [-0.15, -0.1) is 0 Å². The third-order valence-corrected chi connectivity index (χ3v) is 2.15. The van der Waals surface area contributed by atoms with Crippen molar-refractivity contribution in [2.45, 2.75) is 6.92 Å². The maximum atomic E-state index is 11.9. The fraction of sp³-hybridized carbons (Fsp3) is 0.300. The number of hydrogen-bond acceptors (Lipinski definition) is 4. The van der Waals surface area contributed by atoms with Crippen molar-refractivity contribution in [1.29, 1.82) is 0 Å². The summed E-state index contributed by atoms with van der Waals surface area (Å²) in [5, 5.41) is 11.2. The SMILES string of the molecule is CCN(C/C(N)=N/O)C(=O)c1cccc(=O)[nH]1. The number of likely N-dealkylation sites (N-methyl/N-ethyl adjacent to an activating group) is 1. The second-order valence-corrected chi connectivity index (χ2v) is 3.34. The summed E-state index contributed by atoms with van der Waals surface area (Å²) in [5.74, 6) is -0.449. The van der Waals surface area contributed by atoms with Crippen LogP contribution >= 0.6 is 0 Å². The van der Waals surface area contributed by atoms with E-state index in [1.807, 2.05) is 0 Å². The number of nitrogens with zero attached hydrogens (tertiary/aromatic N) is 2. The van der Waals surface area contributed by atoms with Crippen LogP contribution in [0, 0.1) is 0 Å². The molecule has 0 aliphatic rings. The van der Waals surface area contributed by atoms with Gasteiger partial charge in [-0.3, -0.25) is 9.59 Å². The van der Waals surface area contributed by atoms with E-state index in [-0.39, 0.29) is 29.5 Å². The number of carbonyl (C=O) groups excluding carboxylic acids is 1. The van der Waals surface area contributed by atoms with Crippen LogP contribution in [0.2, 0.25) is 0 Å². The summed E-state index contributed by atoms with van der Waals surface area (Å²) >= 11 is 0. The number of nitrogens with one attached hydrogen (secondary N) is 1. The van der Waals surface area contributed by atoms with Crippen molar-refractivity contribution in [3.05, 3.63) is 34.2 Å². The van der Waals surface area contributed by atoms with Crippen LogP contribution < -0.4 is 11.3 Å². The van der Waals surface area contributed by atoms with Gasteiger partial charge in [0.2, 0.25) is 5.56 Å². The number of nitrogens with two attached hydrogens (primary N) is 1. The molecule has 0 aliphatic carbocycles. The molecule has 0 spiro atoms. The highest BCUT2D eigenvalue weighted by Crippen LogP contribution is 1.99. The third kappa shape index (κ3) is 3.33. The van der Waals surface area contributed by atoms with Crippen molar-refractivity contribution in [3.8, 4) is 0 Å². The van der Waals surface area contributed by atoms with Crippen LogP contribution in [-0.4, -0.2) is 39.9 Å². The van der Waals surface area contributed by atoms with Crippen LogP contribution in [0.3, 0.4) is 0 Å². The van der Waals surface area contributed by atoms with Crippen molar-refractivity contribution >= 4 is 11.7 Å². The van der Waals surface area contributed by atoms with Gasteiger partial charge in [0.15, 0.2) is 5.84 Å². The summed E-state index contributed by atoms with van der Waals surface area (Å²) in [6.45, 7) is 2.14. The Kier molecular flexibility index (Phi) is 4.27. The summed E-state index contributed by atoms with van der Waals surface area (Å²) in [4.78, 5) is 26.8. The van der Waals surface area contributed by atoms with E-state index in [0.717, 1.165) is 0 Å². The minimum atomic E-state index is -0.378. The molecule has 0 saturated carbocycles. The van der Waals surface area contributed by atoms with E-state index < -0.39 is 0 Å². The van der Waals surface area contributed by atoms with Crippen LogP contribution in [0.15, 0.2) is 28.1 Å². The first-order chi connectivity index (χ1) is 8.08. The quantitative estimate of drug-likeness (QED) is 0.286. The highest BCUT2D eigenvalue weighted by Gasteiger charge is 2.15. The summed E-state index contributed by atoms with van der Waals surface area (Å²) < 4.78 is 0. The molecular weight excluding hydrogens is 224 g/mol. The van der Waals surface area contributed by atoms with Gasteiger partial charge >= 0.3 is 0 Å². The van der Waals surface area contributed by atoms with Crippen molar-refractivity contribution in [2.24, 2.45) is 10.9 Å². The van der Waals surface area contributed by atoms with E-state index in [2.05, 4.69) is 10.1 Å². The molecule has 0 aliphatic heterocycles. The third-order valence-electron chi connectivity index (χ3n) is 2.15. The van der Waals surface area contributed by atoms with Crippen molar-refractivity contribution < 1.29 is 10.0 Å². The predicted molar refractivity (Wildman–Crippen MR) is 62.0 cm³/mol. The number of H-pyrrole nitrogens is 1. The van der Waals surface area contributed by atoms with Crippen molar-refractivity contribution in [3.63, 3.8) is 0 Å². The molecule has 7 heteroatoms. The molecule has 1 aromatic heterocycles. The number of amidine groups is 1. The second-order valence-electron chi connectivity index (χ2n) is 3.34. The zero-order chi connectivity index (χ0) is 12.8. The first-order valence-electron chi connectivity index (χ1n) is 5.03. The Bertz CT molecular complexity index is 480. The average molecular weight is 238 g/mol. The molecular formula is C10H14N4O3. The van der Waals surface area contributed by atoms with E-state index in [4.69, 9.17) is 10.9 Å². The summed E-state index contributed by atoms with van der Waals surface area (Å²) in [7, 11) is 0. The minimum absolute atomic E-state index is 0.00274. The Balaban J connectivity index is 2.90. The molecule has 1 heterocycles. The number of rotatable bonds is 4. The molecule has 0 unspecified atom stereocenters. The van der Waals surface area contributed by atoms with Gasteiger partial charge in [-0.1, -0.05) is 11.2 Å². The minimum Gasteiger partial charge on any atom is -0.409 e. The molecule has 0 radical (unpaired) electrons. The zero-order valence-electron chi connectivity index (χ0n) is 9.38. The first-order valence-corrected chi connectivity index (χ1v) is 5.03. The van der Waals surface area contributed by atoms with Crippen LogP contribution in [-0.2, 0) is 0 Å². The number of carbonyl (C=O) groups is 1. The lowest BCUT2D eigenvalue weighted by Crippen LogP contribution is -2.39. The largest absolute Gasteiger partial charge is 0.409 e. The van der Waals surface area contributed by atoms with Crippen LogP contribution in [0.4, 0.5) is 0 Å². The Labute approximate surface area is 97.5 Å². The molecule has 7 nitrogen and oxygen atoms in total. The maximum Gasteiger partial charge on any atom is 0.270 e. The molecule has 0 atom stereocenters. The van der Waals surface area contributed by atoms with Gasteiger partial charge in [0.25, 0.3) is 5.91 Å². The lowest BCUT2D eigenvalue weighted by molar-refractivity contribution is 0.0780. The molecule has 0 saturated heterocycles. The Hall–Kier alpha value is -2.31. The van der Waals surface area contributed by atoms with E-state index in [1.54, 1.807) is 6.92 Å². The first kappa shape index (κ1) is 12.8. The standard InChI is InChI=1S/C10H14N4O3/c1-2-14(6-8(11)13-17)10(16)7-4-3-5-9(15)12-7/h3-5,17H,2,6H2,1H3,(H2,11,13)(H,12,15). The van der Waals surface area contributed by atoms with Crippen molar-refractivity contribution in [1.82, 2.24) is 9.88 Å². The number of aromatic amines is 1. The van der Waals surface area contributed by atoms with E-state index in [9.17, 15) is 9.59 Å². The van der Waals surface area contributed by atoms with Gasteiger partial charge in [0.1, 0.15) is 5.69 Å². The van der Waals surface area contributed by atoms with Crippen LogP contribution in [0.5, 0.6) is 0 Å². The van der Waals surface area contributed by atoms with Gasteiger partial charge in [-0.25, -0.2) is 0 Å². The predicted octanol–water partition coefficient (Wildman–Crippen LogP) is -0.417. The molecule has 1 amide bonds. The monoisotopic (exact) mass is 238 g/mol. The maximum absolute atomic E-state index is 11.9. The molecule has 0 aromatic carbocycles. The van der Waals surface area contributed by atoms with Gasteiger partial charge in [-0.05, 0) is 13.0 Å². The van der Waals surface area contributed by atoms with E-state index >= 15 is 0 Å². The average Bonchev–Trinajstić information content (AvgIpc) is 2.34. The Morgan fingerprint density at radius 3 is 2.82 bits per heavy atom. The summed E-state index contributed by atoms with van der Waals surface area (Å²) in [6.07, 6.45) is 0. The fourth-order valence-electron chi connectivity index (χ4n) is 1.30. The lowest BCUT2D eigenvalue weighted by Gasteiger charge is -2.19. The van der Waals surface area contributed by atoms with Crippen LogP contribution in [0.25, 0.3) is 0 Å². The second kappa shape index (κ2) is 5.69. The lowest BCUT2D eigenvalue weighted by atomic mass is 10.3. The smallest absolute Gasteiger partial charge is 0.270 e. The van der Waals surface area contributed by atoms with E-state index in [1.165, 1.54) is 23.1 Å². The molecule has 0 bridgehead atoms. The van der Waals surface area contributed by atoms with Gasteiger partial charge in [0.05, 0.1) is 6.54 Å². The molecule has 0 fully saturated rings. The molecule has 17 heavy (non-hydrogen) atoms. The topological polar surface area (TPSA) is 112 Å². The van der Waals surface area contributed by atoms with E-state index in [0.29, 0.717) is 6.54 Å². The molecule has 1 rings (SSSR count). The number of amides is 1. The number of hydrogen-bond donors (Lipinski definition) is 3. The Morgan fingerprint density at radius 1 is 1.59 bits per heavy atom. The molecule has 1 aromatic rings. The highest BCUT2D eigenvalue weighted by molar-refractivity contribution is 5.95. The number of pyridine rings is 1. The summed E-state index contributed by atoms with van der Waals surface area (Å²) in [6, 6.07) is 4.30. The molecule has 92 valence electrons. The van der Waals surface area contributed by atoms with Gasteiger partial charge in [-0.2, -0.15) is 0 Å². The number of aromatic nitrogens is 1. The van der Waals surface area contributed by atoms with Crippen LogP contribution in [0.1, 0.15) is 17.4 Å². The fourth-order valence-corrected chi connectivity index (χ4v) is 1.30. The normalized spacial score (nSPS) is 11.2. The Morgan fingerprint density at radius 2 is 2.29 bits per heavy atom. The van der Waals surface area contributed by atoms with Gasteiger partial charge < -0.3 is 20.8 Å². The van der Waals surface area contributed by atoms with Crippen molar-refractivity contribution in [2.75, 3.05) is 13.1 Å². The number of oxime groups is 1. The molecule has 4 N–H and O–H groups in total. The zero-order valence-corrected chi connectivity index (χ0v) is 9.38.